The largest absolute Gasteiger partial charge is 0.301 e. The van der Waals surface area contributed by atoms with Gasteiger partial charge in [0.05, 0.1) is 11.0 Å². The van der Waals surface area contributed by atoms with Crippen molar-refractivity contribution in [2.45, 2.75) is 52.4 Å². The number of nitrogens with zero attached hydrogens (tertiary/aromatic N) is 1. The van der Waals surface area contributed by atoms with Gasteiger partial charge in [-0.2, -0.15) is 0 Å². The van der Waals surface area contributed by atoms with Gasteiger partial charge >= 0.3 is 0 Å². The fourth-order valence-corrected chi connectivity index (χ4v) is 7.10. The van der Waals surface area contributed by atoms with E-state index in [4.69, 9.17) is 0 Å². The first kappa shape index (κ1) is 23.4. The minimum Gasteiger partial charge on any atom is -0.301 e. The summed E-state index contributed by atoms with van der Waals surface area (Å²) in [6.07, 6.45) is 0. The molecule has 3 aliphatic rings. The molecule has 3 heteroatoms. The molecular formula is C35H31NOS. The maximum Gasteiger partial charge on any atom is 0.195 e. The lowest BCUT2D eigenvalue weighted by Crippen LogP contribution is -2.10. The Morgan fingerprint density at radius 3 is 1.84 bits per heavy atom. The van der Waals surface area contributed by atoms with Gasteiger partial charge in [0.1, 0.15) is 5.00 Å². The van der Waals surface area contributed by atoms with E-state index >= 15 is 0 Å². The van der Waals surface area contributed by atoms with Gasteiger partial charge in [0.2, 0.25) is 0 Å². The predicted molar refractivity (Wildman–Crippen MR) is 162 cm³/mol. The number of benzene rings is 2. The summed E-state index contributed by atoms with van der Waals surface area (Å²) in [4.78, 5) is 14.8. The van der Waals surface area contributed by atoms with Crippen LogP contribution < -0.4 is 0 Å². The molecule has 4 aromatic rings. The van der Waals surface area contributed by atoms with Crippen LogP contribution in [0.5, 0.6) is 0 Å². The van der Waals surface area contributed by atoms with Crippen LogP contribution in [0, 0.1) is 0 Å². The Hall–Kier alpha value is -3.69. The van der Waals surface area contributed by atoms with E-state index in [2.05, 4.69) is 107 Å². The number of thiophene rings is 1. The standard InChI is InChI=1S/C35H31NOS/c1-34(2,3)21-12-14-28-24(17-21)25-18-22(35(4,5)6)13-15-29(25)36(28)30-19-27-32(37)31-23-11-9-7-8-10-20(23)16-26(31)33(27)38-30/h7-19H,1-6H3. The molecule has 0 spiro atoms. The van der Waals surface area contributed by atoms with Crippen LogP contribution in [0.2, 0.25) is 0 Å². The van der Waals surface area contributed by atoms with E-state index in [1.54, 1.807) is 11.3 Å². The maximum atomic E-state index is 13.7. The van der Waals surface area contributed by atoms with Crippen molar-refractivity contribution in [1.29, 1.82) is 0 Å². The summed E-state index contributed by atoms with van der Waals surface area (Å²) >= 11 is 1.73. The first-order chi connectivity index (χ1) is 18.0. The number of hydrogen-bond donors (Lipinski definition) is 0. The maximum absolute atomic E-state index is 13.7. The van der Waals surface area contributed by atoms with Gasteiger partial charge in [0.15, 0.2) is 5.78 Å². The van der Waals surface area contributed by atoms with E-state index in [-0.39, 0.29) is 16.6 Å². The highest BCUT2D eigenvalue weighted by Gasteiger charge is 2.35. The Balaban J connectivity index is 1.50. The predicted octanol–water partition coefficient (Wildman–Crippen LogP) is 9.76. The first-order valence-electron chi connectivity index (χ1n) is 13.3. The third kappa shape index (κ3) is 3.28. The van der Waals surface area contributed by atoms with Gasteiger partial charge in [-0.3, -0.25) is 4.79 Å². The lowest BCUT2D eigenvalue weighted by atomic mass is 9.85. The van der Waals surface area contributed by atoms with Crippen molar-refractivity contribution in [2.24, 2.45) is 0 Å². The van der Waals surface area contributed by atoms with Crippen LogP contribution in [-0.2, 0) is 10.8 Å². The number of aromatic nitrogens is 1. The number of carbonyl (C=O) groups excluding carboxylic acids is 1. The van der Waals surface area contributed by atoms with Crippen molar-refractivity contribution in [3.8, 4) is 26.6 Å². The molecule has 0 radical (unpaired) electrons. The van der Waals surface area contributed by atoms with Crippen LogP contribution >= 0.6 is 11.3 Å². The average Bonchev–Trinajstić information content (AvgIpc) is 3.53. The van der Waals surface area contributed by atoms with Crippen molar-refractivity contribution in [3.63, 3.8) is 0 Å². The third-order valence-electron chi connectivity index (χ3n) is 8.06. The molecule has 2 aromatic carbocycles. The average molecular weight is 514 g/mol. The highest BCUT2D eigenvalue weighted by Crippen LogP contribution is 2.50. The summed E-state index contributed by atoms with van der Waals surface area (Å²) in [5.74, 6) is 0.143. The highest BCUT2D eigenvalue weighted by molar-refractivity contribution is 7.18. The molecule has 0 unspecified atom stereocenters. The van der Waals surface area contributed by atoms with E-state index in [0.717, 1.165) is 37.7 Å². The number of hydrogen-bond acceptors (Lipinski definition) is 2. The van der Waals surface area contributed by atoms with Gasteiger partial charge in [-0.25, -0.2) is 0 Å². The minimum absolute atomic E-state index is 0.0631. The fraction of sp³-hybridized carbons (Fsp3) is 0.229. The third-order valence-corrected chi connectivity index (χ3v) is 9.22. The summed E-state index contributed by atoms with van der Waals surface area (Å²) in [6.45, 7) is 13.6. The Morgan fingerprint density at radius 2 is 1.24 bits per heavy atom. The monoisotopic (exact) mass is 513 g/mol. The SMILES string of the molecule is CC(C)(C)c1ccc2c(c1)c1cc(C(C)(C)C)ccc1n2-c1cc2c(s1)-c1cc3cccccc-3c1C2=O. The molecule has 0 atom stereocenters. The molecule has 0 bridgehead atoms. The summed E-state index contributed by atoms with van der Waals surface area (Å²) in [5.41, 5.74) is 10.1. The normalized spacial score (nSPS) is 13.6. The second-order valence-corrected chi connectivity index (χ2v) is 13.7. The smallest absolute Gasteiger partial charge is 0.195 e. The topological polar surface area (TPSA) is 22.0 Å². The molecule has 188 valence electrons. The van der Waals surface area contributed by atoms with E-state index in [9.17, 15) is 4.79 Å². The fourth-order valence-electron chi connectivity index (χ4n) is 5.90. The second-order valence-electron chi connectivity index (χ2n) is 12.7. The molecule has 2 nitrogen and oxygen atoms in total. The molecule has 0 amide bonds. The van der Waals surface area contributed by atoms with Crippen LogP contribution in [0.4, 0.5) is 0 Å². The lowest BCUT2D eigenvalue weighted by molar-refractivity contribution is 0.104. The highest BCUT2D eigenvalue weighted by atomic mass is 32.1. The summed E-state index contributed by atoms with van der Waals surface area (Å²) in [5, 5.41) is 3.63. The first-order valence-corrected chi connectivity index (χ1v) is 14.1. The quantitative estimate of drug-likeness (QED) is 0.214. The van der Waals surface area contributed by atoms with Gasteiger partial charge in [-0.15, -0.1) is 11.3 Å². The Labute approximate surface area is 227 Å². The molecule has 0 fully saturated rings. The van der Waals surface area contributed by atoms with Crippen LogP contribution in [0.1, 0.15) is 68.6 Å². The molecule has 7 rings (SSSR count). The van der Waals surface area contributed by atoms with Crippen molar-refractivity contribution < 1.29 is 4.79 Å². The molecule has 0 aliphatic heterocycles. The van der Waals surface area contributed by atoms with Crippen LogP contribution in [-0.4, -0.2) is 10.4 Å². The molecular weight excluding hydrogens is 482 g/mol. The van der Waals surface area contributed by atoms with E-state index in [1.807, 2.05) is 18.2 Å². The molecule has 0 N–H and O–H groups in total. The van der Waals surface area contributed by atoms with Crippen LogP contribution in [0.3, 0.4) is 0 Å². The summed E-state index contributed by atoms with van der Waals surface area (Å²) < 4.78 is 2.36. The number of fused-ring (bicyclic) bond motifs is 8. The Kier molecular flexibility index (Phi) is 4.73. The number of ketones is 1. The van der Waals surface area contributed by atoms with Crippen molar-refractivity contribution in [2.75, 3.05) is 0 Å². The van der Waals surface area contributed by atoms with E-state index in [0.29, 0.717) is 0 Å². The van der Waals surface area contributed by atoms with E-state index < -0.39 is 0 Å². The molecule has 38 heavy (non-hydrogen) atoms. The zero-order valence-electron chi connectivity index (χ0n) is 22.8. The van der Waals surface area contributed by atoms with Crippen LogP contribution in [0.15, 0.2) is 78.9 Å². The summed E-state index contributed by atoms with van der Waals surface area (Å²) in [6, 6.07) is 28.3. The Bertz CT molecular complexity index is 1830. The number of carbonyl (C=O) groups is 1. The molecule has 2 aromatic heterocycles. The van der Waals surface area contributed by atoms with Crippen molar-refractivity contribution in [3.05, 3.63) is 101 Å². The van der Waals surface area contributed by atoms with Gasteiger partial charge in [-0.1, -0.05) is 84.0 Å². The molecule has 2 heterocycles. The second kappa shape index (κ2) is 7.68. The zero-order valence-corrected chi connectivity index (χ0v) is 23.6. The molecule has 0 saturated heterocycles. The molecule has 0 saturated carbocycles. The number of rotatable bonds is 1. The van der Waals surface area contributed by atoms with Gasteiger partial charge < -0.3 is 4.57 Å². The Morgan fingerprint density at radius 1 is 0.632 bits per heavy atom. The zero-order chi connectivity index (χ0) is 26.6. The lowest BCUT2D eigenvalue weighted by Gasteiger charge is -2.19. The van der Waals surface area contributed by atoms with Crippen molar-refractivity contribution >= 4 is 38.9 Å². The van der Waals surface area contributed by atoms with Gasteiger partial charge in [0.25, 0.3) is 0 Å². The van der Waals surface area contributed by atoms with E-state index in [1.165, 1.54) is 32.9 Å². The molecule has 3 aliphatic carbocycles. The van der Waals surface area contributed by atoms with Gasteiger partial charge in [0, 0.05) is 32.3 Å². The van der Waals surface area contributed by atoms with Crippen molar-refractivity contribution in [1.82, 2.24) is 4.57 Å². The minimum atomic E-state index is 0.0631. The summed E-state index contributed by atoms with van der Waals surface area (Å²) in [7, 11) is 0. The van der Waals surface area contributed by atoms with Crippen LogP contribution in [0.25, 0.3) is 48.4 Å². The van der Waals surface area contributed by atoms with Gasteiger partial charge in [-0.05, 0) is 69.5 Å².